The summed E-state index contributed by atoms with van der Waals surface area (Å²) in [4.78, 5) is 55.3. The van der Waals surface area contributed by atoms with E-state index in [-0.39, 0.29) is 23.6 Å². The van der Waals surface area contributed by atoms with E-state index in [9.17, 15) is 14.4 Å². The molecule has 1 amide bonds. The normalized spacial score (nSPS) is 19.6. The number of nitrogens with zero attached hydrogens (tertiary/aromatic N) is 7. The molecule has 6 heterocycles. The third kappa shape index (κ3) is 7.07. The van der Waals surface area contributed by atoms with E-state index in [0.29, 0.717) is 58.9 Å². The van der Waals surface area contributed by atoms with E-state index < -0.39 is 5.97 Å². The number of pyridine rings is 2. The number of anilines is 3. The quantitative estimate of drug-likeness (QED) is 0.183. The van der Waals surface area contributed by atoms with Crippen molar-refractivity contribution in [3.05, 3.63) is 87.0 Å². The molecule has 4 aliphatic rings. The zero-order chi connectivity index (χ0) is 37.4. The molecule has 7 rings (SSSR count). The van der Waals surface area contributed by atoms with Gasteiger partial charge in [-0.15, -0.1) is 0 Å². The Morgan fingerprint density at radius 2 is 1.92 bits per heavy atom. The van der Waals surface area contributed by atoms with Crippen LogP contribution in [0.15, 0.2) is 63.9 Å². The average molecular weight is 723 g/mol. The van der Waals surface area contributed by atoms with Crippen molar-refractivity contribution in [2.75, 3.05) is 56.2 Å². The smallest absolute Gasteiger partial charge is 0.302 e. The third-order valence-electron chi connectivity index (χ3n) is 11.0. The predicted octanol–water partition coefficient (Wildman–Crippen LogP) is 4.54. The number of rotatable bonds is 10. The number of esters is 1. The van der Waals surface area contributed by atoms with Gasteiger partial charge in [0, 0.05) is 75.3 Å². The Balaban J connectivity index is 1.17. The molecule has 13 nitrogen and oxygen atoms in total. The molecule has 2 fully saturated rings. The van der Waals surface area contributed by atoms with E-state index in [1.54, 1.807) is 24.2 Å². The summed E-state index contributed by atoms with van der Waals surface area (Å²) >= 11 is 0. The number of allylic oxidation sites excluding steroid dienone is 1. The van der Waals surface area contributed by atoms with Gasteiger partial charge >= 0.3 is 5.97 Å². The van der Waals surface area contributed by atoms with Crippen LogP contribution < -0.4 is 15.8 Å². The highest BCUT2D eigenvalue weighted by Gasteiger charge is 2.39. The lowest BCUT2D eigenvalue weighted by Crippen LogP contribution is -2.64. The van der Waals surface area contributed by atoms with E-state index in [2.05, 4.69) is 45.2 Å². The fourth-order valence-corrected chi connectivity index (χ4v) is 8.26. The molecule has 2 saturated heterocycles. The summed E-state index contributed by atoms with van der Waals surface area (Å²) in [5.41, 5.74) is 5.97. The van der Waals surface area contributed by atoms with Crippen LogP contribution in [-0.2, 0) is 40.7 Å². The van der Waals surface area contributed by atoms with E-state index in [0.717, 1.165) is 64.2 Å². The van der Waals surface area contributed by atoms with Crippen molar-refractivity contribution in [3.8, 4) is 0 Å². The van der Waals surface area contributed by atoms with Crippen LogP contribution in [-0.4, -0.2) is 100 Å². The number of hydrogen-bond donors (Lipinski definition) is 1. The second kappa shape index (κ2) is 14.8. The number of aromatic nitrogens is 3. The monoisotopic (exact) mass is 722 g/mol. The van der Waals surface area contributed by atoms with Gasteiger partial charge in [-0.05, 0) is 88.6 Å². The highest BCUT2D eigenvalue weighted by molar-refractivity contribution is 5.96. The summed E-state index contributed by atoms with van der Waals surface area (Å²) in [6.45, 7) is 16.9. The van der Waals surface area contributed by atoms with Crippen molar-refractivity contribution in [2.24, 2.45) is 12.0 Å². The van der Waals surface area contributed by atoms with E-state index in [1.165, 1.54) is 22.7 Å². The molecule has 13 heteroatoms. The van der Waals surface area contributed by atoms with Gasteiger partial charge in [0.1, 0.15) is 29.6 Å². The number of carbonyl (C=O) groups is 2. The number of hydrogen-bond acceptors (Lipinski definition) is 10. The highest BCUT2D eigenvalue weighted by Crippen LogP contribution is 2.34. The van der Waals surface area contributed by atoms with Crippen LogP contribution in [0.5, 0.6) is 0 Å². The molecule has 3 aromatic heterocycles. The molecule has 1 N–H and O–H groups in total. The number of aliphatic imine (C=N–C) groups is 1. The SMILES string of the molecule is C=N/C(=C(COC(C)=O)\C(=C/C)c1cc(Nc2ccc(N3CCN(C4COC4)CC3(C)C)cn2)c(=O)n(C)c1)N1CCn2c(cc3c2CCCC3)C1=O. The molecule has 0 radical (unpaired) electrons. The zero-order valence-corrected chi connectivity index (χ0v) is 31.5. The Morgan fingerprint density at radius 1 is 1.13 bits per heavy atom. The summed E-state index contributed by atoms with van der Waals surface area (Å²) in [5.74, 6) is 0.213. The number of carbonyl (C=O) groups excluding carboxylic acids is 2. The minimum absolute atomic E-state index is 0.0867. The molecule has 280 valence electrons. The number of piperazine rings is 1. The molecule has 0 aromatic carbocycles. The number of amides is 1. The first kappa shape index (κ1) is 36.4. The summed E-state index contributed by atoms with van der Waals surface area (Å²) in [6.07, 6.45) is 9.63. The Bertz CT molecular complexity index is 2040. The minimum atomic E-state index is -0.469. The second-order valence-corrected chi connectivity index (χ2v) is 15.0. The lowest BCUT2D eigenvalue weighted by atomic mass is 9.96. The molecule has 0 saturated carbocycles. The van der Waals surface area contributed by atoms with Crippen LogP contribution in [0.25, 0.3) is 5.57 Å². The maximum absolute atomic E-state index is 14.1. The standard InChI is InChI=1S/C40H50N8O5/c1-7-31(32(24-53-26(2)49)37(41-5)47-16-15-46-34-11-9-8-10-27(34)19-35(46)39(47)51)28-18-33(38(50)44(6)21-28)43-36-13-12-29(20-42-36)48-17-14-45(25-40(48,3)4)30-22-52-23-30/h7,12-13,18-21,30H,5,8-11,14-17,22-25H2,1-4,6H3,(H,42,43)/b31-7-,37-32+. The molecule has 0 unspecified atom stereocenters. The molecular weight excluding hydrogens is 672 g/mol. The van der Waals surface area contributed by atoms with Gasteiger partial charge in [0.25, 0.3) is 11.5 Å². The molecule has 1 aliphatic carbocycles. The largest absolute Gasteiger partial charge is 0.461 e. The van der Waals surface area contributed by atoms with Gasteiger partial charge in [-0.2, -0.15) is 0 Å². The van der Waals surface area contributed by atoms with Crippen LogP contribution in [0.4, 0.5) is 17.2 Å². The lowest BCUT2D eigenvalue weighted by Gasteiger charge is -2.51. The van der Waals surface area contributed by atoms with Gasteiger partial charge in [-0.3, -0.25) is 24.2 Å². The lowest BCUT2D eigenvalue weighted by molar-refractivity contribution is -0.139. The van der Waals surface area contributed by atoms with Gasteiger partial charge in [0.05, 0.1) is 31.1 Å². The first-order valence-electron chi connectivity index (χ1n) is 18.6. The summed E-state index contributed by atoms with van der Waals surface area (Å²) in [5, 5.41) is 3.24. The number of aryl methyl sites for hydroxylation is 2. The molecule has 0 bridgehead atoms. The third-order valence-corrected chi connectivity index (χ3v) is 11.0. The fraction of sp³-hybridized carbons (Fsp3) is 0.475. The highest BCUT2D eigenvalue weighted by atomic mass is 16.5. The van der Waals surface area contributed by atoms with Crippen LogP contribution >= 0.6 is 0 Å². The summed E-state index contributed by atoms with van der Waals surface area (Å²) in [6, 6.07) is 8.20. The number of ether oxygens (including phenoxy) is 2. The molecule has 0 spiro atoms. The summed E-state index contributed by atoms with van der Waals surface area (Å²) in [7, 11) is 1.69. The van der Waals surface area contributed by atoms with Gasteiger partial charge in [-0.25, -0.2) is 9.98 Å². The van der Waals surface area contributed by atoms with E-state index in [4.69, 9.17) is 14.5 Å². The maximum Gasteiger partial charge on any atom is 0.302 e. The average Bonchev–Trinajstić information content (AvgIpc) is 3.49. The van der Waals surface area contributed by atoms with E-state index in [1.807, 2.05) is 37.4 Å². The predicted molar refractivity (Wildman–Crippen MR) is 206 cm³/mol. The van der Waals surface area contributed by atoms with Crippen molar-refractivity contribution in [1.29, 1.82) is 0 Å². The number of nitrogens with one attached hydrogen (secondary N) is 1. The number of fused-ring (bicyclic) bond motifs is 3. The topological polar surface area (TPSA) is 127 Å². The van der Waals surface area contributed by atoms with Crippen molar-refractivity contribution in [3.63, 3.8) is 0 Å². The zero-order valence-electron chi connectivity index (χ0n) is 31.5. The molecule has 0 atom stereocenters. The molecular formula is C40H50N8O5. The summed E-state index contributed by atoms with van der Waals surface area (Å²) < 4.78 is 14.6. The molecule has 3 aromatic rings. The molecule has 3 aliphatic heterocycles. The Kier molecular flexibility index (Phi) is 10.1. The Labute approximate surface area is 310 Å². The molecule has 53 heavy (non-hydrogen) atoms. The van der Waals surface area contributed by atoms with Crippen molar-refractivity contribution < 1.29 is 19.1 Å². The van der Waals surface area contributed by atoms with Gasteiger partial charge < -0.3 is 28.8 Å². The first-order valence-corrected chi connectivity index (χ1v) is 18.6. The first-order chi connectivity index (χ1) is 25.5. The van der Waals surface area contributed by atoms with Gasteiger partial charge in [0.2, 0.25) is 0 Å². The minimum Gasteiger partial charge on any atom is -0.461 e. The maximum atomic E-state index is 14.1. The fourth-order valence-electron chi connectivity index (χ4n) is 8.26. The van der Waals surface area contributed by atoms with Crippen molar-refractivity contribution in [2.45, 2.75) is 71.5 Å². The second-order valence-electron chi connectivity index (χ2n) is 15.0. The van der Waals surface area contributed by atoms with Crippen LogP contribution in [0.3, 0.4) is 0 Å². The van der Waals surface area contributed by atoms with E-state index >= 15 is 0 Å². The van der Waals surface area contributed by atoms with Crippen molar-refractivity contribution >= 4 is 41.4 Å². The Morgan fingerprint density at radius 3 is 2.58 bits per heavy atom. The van der Waals surface area contributed by atoms with Crippen molar-refractivity contribution in [1.82, 2.24) is 23.9 Å². The van der Waals surface area contributed by atoms with Crippen LogP contribution in [0.1, 0.15) is 67.8 Å². The Hall–Kier alpha value is -5.01. The van der Waals surface area contributed by atoms with Crippen LogP contribution in [0.2, 0.25) is 0 Å². The van der Waals surface area contributed by atoms with Gasteiger partial charge in [-0.1, -0.05) is 6.08 Å². The van der Waals surface area contributed by atoms with Gasteiger partial charge in [0.15, 0.2) is 0 Å². The van der Waals surface area contributed by atoms with Crippen LogP contribution in [0, 0.1) is 0 Å².